The summed E-state index contributed by atoms with van der Waals surface area (Å²) < 4.78 is 52.2. The molecule has 0 aliphatic rings. The second kappa shape index (κ2) is 5.22. The first-order valence-corrected chi connectivity index (χ1v) is 6.77. The lowest BCUT2D eigenvalue weighted by Gasteiger charge is -2.14. The van der Waals surface area contributed by atoms with Crippen molar-refractivity contribution in [2.24, 2.45) is 5.73 Å². The van der Waals surface area contributed by atoms with Crippen molar-refractivity contribution in [1.82, 2.24) is 0 Å². The van der Waals surface area contributed by atoms with E-state index in [2.05, 4.69) is 15.9 Å². The molecule has 0 aliphatic heterocycles. The smallest absolute Gasteiger partial charge is 0.320 e. The van der Waals surface area contributed by atoms with Gasteiger partial charge in [0.1, 0.15) is 5.82 Å². The highest BCUT2D eigenvalue weighted by molar-refractivity contribution is 9.11. The topological polar surface area (TPSA) is 26.0 Å². The van der Waals surface area contributed by atoms with Crippen LogP contribution in [0.2, 0.25) is 0 Å². The van der Waals surface area contributed by atoms with E-state index in [-0.39, 0.29) is 5.56 Å². The molecule has 0 fully saturated rings. The van der Waals surface area contributed by atoms with Crippen LogP contribution in [0.4, 0.5) is 17.6 Å². The van der Waals surface area contributed by atoms with Crippen LogP contribution in [-0.2, 0) is 6.18 Å². The second-order valence-electron chi connectivity index (χ2n) is 3.85. The number of rotatable bonds is 2. The third-order valence-corrected chi connectivity index (χ3v) is 4.27. The van der Waals surface area contributed by atoms with Crippen molar-refractivity contribution in [3.8, 4) is 0 Å². The van der Waals surface area contributed by atoms with Crippen molar-refractivity contribution in [2.45, 2.75) is 12.2 Å². The molecule has 0 saturated carbocycles. The maximum Gasteiger partial charge on any atom is 0.416 e. The van der Waals surface area contributed by atoms with Crippen LogP contribution < -0.4 is 5.73 Å². The van der Waals surface area contributed by atoms with Crippen LogP contribution >= 0.6 is 27.3 Å². The largest absolute Gasteiger partial charge is 0.416 e. The van der Waals surface area contributed by atoms with Crippen molar-refractivity contribution in [2.75, 3.05) is 0 Å². The summed E-state index contributed by atoms with van der Waals surface area (Å²) in [7, 11) is 0. The fourth-order valence-corrected chi connectivity index (χ4v) is 3.05. The Bertz CT molecular complexity index is 594. The average Bonchev–Trinajstić information content (AvgIpc) is 2.74. The Morgan fingerprint density at radius 1 is 1.16 bits per heavy atom. The molecule has 7 heteroatoms. The highest BCUT2D eigenvalue weighted by Crippen LogP contribution is 2.35. The van der Waals surface area contributed by atoms with Gasteiger partial charge in [0.15, 0.2) is 0 Å². The van der Waals surface area contributed by atoms with Crippen LogP contribution in [-0.4, -0.2) is 0 Å². The number of nitrogens with two attached hydrogens (primary N) is 1. The zero-order valence-electron chi connectivity index (χ0n) is 9.34. The Hall–Kier alpha value is -0.920. The van der Waals surface area contributed by atoms with Crippen molar-refractivity contribution >= 4 is 27.3 Å². The minimum Gasteiger partial charge on any atom is -0.320 e. The van der Waals surface area contributed by atoms with Crippen LogP contribution in [0, 0.1) is 5.82 Å². The van der Waals surface area contributed by atoms with Gasteiger partial charge in [-0.25, -0.2) is 4.39 Å². The lowest BCUT2D eigenvalue weighted by Crippen LogP contribution is -2.14. The summed E-state index contributed by atoms with van der Waals surface area (Å²) in [5, 5.41) is 0. The number of thiophene rings is 1. The first-order chi connectivity index (χ1) is 8.79. The molecule has 2 N–H and O–H groups in total. The Morgan fingerprint density at radius 3 is 2.37 bits per heavy atom. The van der Waals surface area contributed by atoms with Crippen LogP contribution in [0.3, 0.4) is 0 Å². The van der Waals surface area contributed by atoms with Gasteiger partial charge in [0.25, 0.3) is 0 Å². The molecule has 0 aliphatic carbocycles. The standard InChI is InChI=1S/C12H8BrF4NS/c13-10-4-3-9(19-10)11(18)7-5-6(12(15,16)17)1-2-8(7)14/h1-5,11H,18H2. The maximum absolute atomic E-state index is 13.6. The van der Waals surface area contributed by atoms with E-state index in [1.165, 1.54) is 11.3 Å². The highest BCUT2D eigenvalue weighted by atomic mass is 79.9. The van der Waals surface area contributed by atoms with E-state index in [0.29, 0.717) is 10.9 Å². The van der Waals surface area contributed by atoms with Gasteiger partial charge in [-0.1, -0.05) is 0 Å². The summed E-state index contributed by atoms with van der Waals surface area (Å²) in [6.45, 7) is 0. The molecule has 2 rings (SSSR count). The molecule has 0 amide bonds. The van der Waals surface area contributed by atoms with Gasteiger partial charge in [-0.3, -0.25) is 0 Å². The SMILES string of the molecule is NC(c1ccc(Br)s1)c1cc(C(F)(F)F)ccc1F. The monoisotopic (exact) mass is 353 g/mol. The minimum absolute atomic E-state index is 0.163. The molecule has 1 aromatic heterocycles. The molecule has 1 atom stereocenters. The first kappa shape index (κ1) is 14.5. The highest BCUT2D eigenvalue weighted by Gasteiger charge is 2.32. The van der Waals surface area contributed by atoms with Crippen LogP contribution in [0.1, 0.15) is 22.0 Å². The van der Waals surface area contributed by atoms with Crippen molar-refractivity contribution in [1.29, 1.82) is 0 Å². The van der Waals surface area contributed by atoms with Gasteiger partial charge in [0, 0.05) is 10.4 Å². The summed E-state index contributed by atoms with van der Waals surface area (Å²) in [5.41, 5.74) is 4.75. The van der Waals surface area contributed by atoms with E-state index in [1.54, 1.807) is 12.1 Å². The van der Waals surface area contributed by atoms with Gasteiger partial charge in [-0.05, 0) is 46.3 Å². The Balaban J connectivity index is 2.44. The molecule has 2 aromatic rings. The molecular weight excluding hydrogens is 346 g/mol. The van der Waals surface area contributed by atoms with E-state index >= 15 is 0 Å². The van der Waals surface area contributed by atoms with Crippen LogP contribution in [0.25, 0.3) is 0 Å². The summed E-state index contributed by atoms with van der Waals surface area (Å²) >= 11 is 4.48. The van der Waals surface area contributed by atoms with Crippen molar-refractivity contribution in [3.05, 3.63) is 55.9 Å². The predicted molar refractivity (Wildman–Crippen MR) is 69.5 cm³/mol. The van der Waals surface area contributed by atoms with Gasteiger partial charge in [-0.2, -0.15) is 13.2 Å². The van der Waals surface area contributed by atoms with Crippen LogP contribution in [0.5, 0.6) is 0 Å². The zero-order chi connectivity index (χ0) is 14.2. The van der Waals surface area contributed by atoms with Gasteiger partial charge >= 0.3 is 6.18 Å². The third-order valence-electron chi connectivity index (χ3n) is 2.56. The van der Waals surface area contributed by atoms with E-state index < -0.39 is 23.6 Å². The number of hydrogen-bond acceptors (Lipinski definition) is 2. The molecule has 1 unspecified atom stereocenters. The number of alkyl halides is 3. The number of halogens is 5. The van der Waals surface area contributed by atoms with Crippen molar-refractivity contribution in [3.63, 3.8) is 0 Å². The van der Waals surface area contributed by atoms with Crippen LogP contribution in [0.15, 0.2) is 34.1 Å². The lowest BCUT2D eigenvalue weighted by atomic mass is 10.0. The number of benzene rings is 1. The number of hydrogen-bond donors (Lipinski definition) is 1. The molecule has 0 bridgehead atoms. The van der Waals surface area contributed by atoms with E-state index in [4.69, 9.17) is 5.73 Å². The summed E-state index contributed by atoms with van der Waals surface area (Å²) in [4.78, 5) is 0.588. The maximum atomic E-state index is 13.6. The van der Waals surface area contributed by atoms with E-state index in [0.717, 1.165) is 15.9 Å². The predicted octanol–water partition coefficient (Wildman–Crippen LogP) is 4.72. The van der Waals surface area contributed by atoms with Gasteiger partial charge < -0.3 is 5.73 Å². The fraction of sp³-hybridized carbons (Fsp3) is 0.167. The molecular formula is C12H8BrF4NS. The molecule has 1 heterocycles. The molecule has 0 saturated heterocycles. The summed E-state index contributed by atoms with van der Waals surface area (Å²) in [6, 6.07) is 4.70. The van der Waals surface area contributed by atoms with Gasteiger partial charge in [0.2, 0.25) is 0 Å². The molecule has 19 heavy (non-hydrogen) atoms. The first-order valence-electron chi connectivity index (χ1n) is 5.16. The Morgan fingerprint density at radius 2 is 1.84 bits per heavy atom. The van der Waals surface area contributed by atoms with E-state index in [1.807, 2.05) is 0 Å². The zero-order valence-corrected chi connectivity index (χ0v) is 11.7. The molecule has 1 aromatic carbocycles. The Kier molecular flexibility index (Phi) is 3.98. The average molecular weight is 354 g/mol. The summed E-state index contributed by atoms with van der Waals surface area (Å²) in [6.07, 6.45) is -4.52. The molecule has 1 nitrogen and oxygen atoms in total. The second-order valence-corrected chi connectivity index (χ2v) is 6.35. The minimum atomic E-state index is -4.52. The normalized spacial score (nSPS) is 13.6. The molecule has 0 radical (unpaired) electrons. The van der Waals surface area contributed by atoms with Gasteiger partial charge in [0.05, 0.1) is 15.4 Å². The Labute approximate surface area is 119 Å². The third kappa shape index (κ3) is 3.16. The molecule has 102 valence electrons. The van der Waals surface area contributed by atoms with Crippen molar-refractivity contribution < 1.29 is 17.6 Å². The quantitative estimate of drug-likeness (QED) is 0.777. The van der Waals surface area contributed by atoms with Gasteiger partial charge in [-0.15, -0.1) is 11.3 Å². The fourth-order valence-electron chi connectivity index (χ4n) is 1.61. The summed E-state index contributed by atoms with van der Waals surface area (Å²) in [5.74, 6) is -0.745. The molecule has 0 spiro atoms. The lowest BCUT2D eigenvalue weighted by molar-refractivity contribution is -0.137. The van der Waals surface area contributed by atoms with E-state index in [9.17, 15) is 17.6 Å².